The quantitative estimate of drug-likeness (QED) is 0.657. The van der Waals surface area contributed by atoms with Crippen molar-refractivity contribution in [2.45, 2.75) is 50.6 Å². The predicted molar refractivity (Wildman–Crippen MR) is 119 cm³/mol. The highest BCUT2D eigenvalue weighted by atomic mass is 16.5. The van der Waals surface area contributed by atoms with Gasteiger partial charge in [-0.05, 0) is 35.1 Å². The molecule has 2 atom stereocenters. The number of carboxylic acids is 1. The fourth-order valence-corrected chi connectivity index (χ4v) is 4.65. The summed E-state index contributed by atoms with van der Waals surface area (Å²) in [6.45, 7) is 2.63. The number of nitrogens with one attached hydrogen (secondary N) is 1. The van der Waals surface area contributed by atoms with Crippen LogP contribution >= 0.6 is 0 Å². The summed E-state index contributed by atoms with van der Waals surface area (Å²) >= 11 is 0. The summed E-state index contributed by atoms with van der Waals surface area (Å²) in [4.78, 5) is 37.6. The van der Waals surface area contributed by atoms with Crippen LogP contribution < -0.4 is 5.32 Å². The highest BCUT2D eigenvalue weighted by Crippen LogP contribution is 2.44. The zero-order valence-corrected chi connectivity index (χ0v) is 18.1. The van der Waals surface area contributed by atoms with Gasteiger partial charge in [0.2, 0.25) is 5.91 Å². The number of amides is 2. The van der Waals surface area contributed by atoms with E-state index < -0.39 is 24.1 Å². The minimum atomic E-state index is -0.985. The number of hydrogen-bond donors (Lipinski definition) is 2. The van der Waals surface area contributed by atoms with Crippen LogP contribution in [0.1, 0.15) is 49.7 Å². The van der Waals surface area contributed by atoms with Gasteiger partial charge in [0, 0.05) is 24.9 Å². The summed E-state index contributed by atoms with van der Waals surface area (Å²) < 4.78 is 5.59. The highest BCUT2D eigenvalue weighted by Gasteiger charge is 2.38. The van der Waals surface area contributed by atoms with Gasteiger partial charge in [0.25, 0.3) is 0 Å². The Bertz CT molecular complexity index is 975. The fraction of sp³-hybridized carbons (Fsp3) is 0.400. The van der Waals surface area contributed by atoms with Crippen molar-refractivity contribution in [2.24, 2.45) is 0 Å². The molecule has 1 fully saturated rings. The number of rotatable bonds is 8. The number of carboxylic acid groups (broad SMARTS) is 1. The molecular formula is C25H28N2O5. The third kappa shape index (κ3) is 4.33. The van der Waals surface area contributed by atoms with Crippen molar-refractivity contribution in [3.8, 4) is 11.1 Å². The van der Waals surface area contributed by atoms with Crippen LogP contribution in [-0.2, 0) is 14.3 Å². The lowest BCUT2D eigenvalue weighted by Gasteiger charge is -2.38. The number of carbonyl (C=O) groups is 3. The molecule has 7 heteroatoms. The first-order valence-electron chi connectivity index (χ1n) is 11.1. The lowest BCUT2D eigenvalue weighted by Crippen LogP contribution is -2.56. The molecule has 2 amide bonds. The Labute approximate surface area is 187 Å². The Morgan fingerprint density at radius 2 is 1.72 bits per heavy atom. The van der Waals surface area contributed by atoms with Crippen molar-refractivity contribution in [3.63, 3.8) is 0 Å². The van der Waals surface area contributed by atoms with Gasteiger partial charge in [0.05, 0.1) is 0 Å². The molecule has 2 aromatic carbocycles. The zero-order chi connectivity index (χ0) is 22.7. The average Bonchev–Trinajstić information content (AvgIpc) is 3.05. The van der Waals surface area contributed by atoms with Gasteiger partial charge >= 0.3 is 12.1 Å². The zero-order valence-electron chi connectivity index (χ0n) is 18.1. The van der Waals surface area contributed by atoms with E-state index in [0.29, 0.717) is 19.4 Å². The van der Waals surface area contributed by atoms with Crippen molar-refractivity contribution in [2.75, 3.05) is 13.2 Å². The molecule has 2 N–H and O–H groups in total. The molecule has 4 rings (SSSR count). The van der Waals surface area contributed by atoms with Crippen molar-refractivity contribution in [1.29, 1.82) is 0 Å². The van der Waals surface area contributed by atoms with Gasteiger partial charge in [-0.1, -0.05) is 61.9 Å². The number of nitrogens with zero attached hydrogens (tertiary/aromatic N) is 1. The van der Waals surface area contributed by atoms with Crippen molar-refractivity contribution in [1.82, 2.24) is 10.2 Å². The Kier molecular flexibility index (Phi) is 6.44. The van der Waals surface area contributed by atoms with E-state index in [1.165, 1.54) is 4.90 Å². The second-order valence-corrected chi connectivity index (χ2v) is 8.39. The van der Waals surface area contributed by atoms with E-state index >= 15 is 0 Å². The van der Waals surface area contributed by atoms with E-state index in [9.17, 15) is 14.4 Å². The third-order valence-corrected chi connectivity index (χ3v) is 6.35. The van der Waals surface area contributed by atoms with Crippen LogP contribution in [0.5, 0.6) is 0 Å². The number of hydrogen-bond acceptors (Lipinski definition) is 4. The van der Waals surface area contributed by atoms with Crippen LogP contribution in [-0.4, -0.2) is 53.2 Å². The van der Waals surface area contributed by atoms with E-state index in [1.54, 1.807) is 0 Å². The number of fused-ring (bicyclic) bond motifs is 3. The minimum absolute atomic E-state index is 0.0307. The maximum atomic E-state index is 12.6. The normalized spacial score (nSPS) is 17.7. The van der Waals surface area contributed by atoms with E-state index in [0.717, 1.165) is 28.7 Å². The van der Waals surface area contributed by atoms with Gasteiger partial charge in [-0.3, -0.25) is 4.79 Å². The summed E-state index contributed by atoms with van der Waals surface area (Å²) in [5.74, 6) is -1.26. The van der Waals surface area contributed by atoms with Crippen LogP contribution in [0.25, 0.3) is 11.1 Å². The summed E-state index contributed by atoms with van der Waals surface area (Å²) in [5.41, 5.74) is 4.60. The van der Waals surface area contributed by atoms with Crippen LogP contribution in [0.2, 0.25) is 0 Å². The molecule has 1 heterocycles. The standard InChI is InChI=1S/C25H28N2O5/c1-2-7-16(14-23(28)27-13-12-22(27)24(29)30)26-25(31)32-15-21-19-10-5-3-8-17(19)18-9-4-6-11-20(18)21/h3-6,8-11,16,21-22H,2,7,12-15H2,1H3,(H,26,31)(H,29,30)/t16-,22?/m0/s1. The van der Waals surface area contributed by atoms with E-state index in [-0.39, 0.29) is 24.9 Å². The molecule has 0 bridgehead atoms. The highest BCUT2D eigenvalue weighted by molar-refractivity contribution is 5.86. The predicted octanol–water partition coefficient (Wildman–Crippen LogP) is 3.77. The molecule has 1 saturated heterocycles. The smallest absolute Gasteiger partial charge is 0.407 e. The van der Waals surface area contributed by atoms with E-state index in [4.69, 9.17) is 9.84 Å². The number of alkyl carbamates (subject to hydrolysis) is 1. The number of carbonyl (C=O) groups excluding carboxylic acids is 2. The average molecular weight is 437 g/mol. The Morgan fingerprint density at radius 3 is 2.25 bits per heavy atom. The number of benzene rings is 2. The first-order chi connectivity index (χ1) is 15.5. The first kappa shape index (κ1) is 21.9. The molecule has 0 aromatic heterocycles. The molecule has 0 spiro atoms. The summed E-state index contributed by atoms with van der Waals surface area (Å²) in [6.07, 6.45) is 1.38. The molecule has 32 heavy (non-hydrogen) atoms. The van der Waals surface area contributed by atoms with Gasteiger partial charge in [-0.25, -0.2) is 9.59 Å². The molecule has 168 valence electrons. The van der Waals surface area contributed by atoms with E-state index in [2.05, 4.69) is 29.6 Å². The minimum Gasteiger partial charge on any atom is -0.480 e. The SMILES string of the molecule is CCC[C@@H](CC(=O)N1CCC1C(=O)O)NC(=O)OCC1c2ccccc2-c2ccccc21. The second kappa shape index (κ2) is 9.42. The topological polar surface area (TPSA) is 95.9 Å². The molecule has 1 aliphatic heterocycles. The summed E-state index contributed by atoms with van der Waals surface area (Å²) in [7, 11) is 0. The largest absolute Gasteiger partial charge is 0.480 e. The fourth-order valence-electron chi connectivity index (χ4n) is 4.65. The lowest BCUT2D eigenvalue weighted by molar-refractivity contribution is -0.157. The first-order valence-corrected chi connectivity index (χ1v) is 11.1. The van der Waals surface area contributed by atoms with E-state index in [1.807, 2.05) is 31.2 Å². The molecule has 1 aliphatic carbocycles. The third-order valence-electron chi connectivity index (χ3n) is 6.35. The van der Waals surface area contributed by atoms with Crippen molar-refractivity contribution < 1.29 is 24.2 Å². The maximum Gasteiger partial charge on any atom is 0.407 e. The number of likely N-dealkylation sites (tertiary alicyclic amines) is 1. The molecule has 7 nitrogen and oxygen atoms in total. The van der Waals surface area contributed by atoms with Crippen molar-refractivity contribution in [3.05, 3.63) is 59.7 Å². The molecule has 2 aliphatic rings. The van der Waals surface area contributed by atoms with Crippen LogP contribution in [0.4, 0.5) is 4.79 Å². The van der Waals surface area contributed by atoms with Crippen molar-refractivity contribution >= 4 is 18.0 Å². The molecular weight excluding hydrogens is 408 g/mol. The van der Waals surface area contributed by atoms with Gasteiger partial charge in [0.15, 0.2) is 0 Å². The number of aliphatic carboxylic acids is 1. The molecule has 0 radical (unpaired) electrons. The van der Waals surface area contributed by atoms with Gasteiger partial charge < -0.3 is 20.1 Å². The molecule has 1 unspecified atom stereocenters. The van der Waals surface area contributed by atoms with Gasteiger partial charge in [-0.15, -0.1) is 0 Å². The maximum absolute atomic E-state index is 12.6. The summed E-state index contributed by atoms with van der Waals surface area (Å²) in [6, 6.07) is 15.1. The molecule has 2 aromatic rings. The molecule has 0 saturated carbocycles. The van der Waals surface area contributed by atoms with Crippen LogP contribution in [0.15, 0.2) is 48.5 Å². The van der Waals surface area contributed by atoms with Crippen LogP contribution in [0, 0.1) is 0 Å². The lowest BCUT2D eigenvalue weighted by atomic mass is 9.98. The monoisotopic (exact) mass is 436 g/mol. The summed E-state index contributed by atoms with van der Waals surface area (Å²) in [5, 5.41) is 12.0. The Morgan fingerprint density at radius 1 is 1.09 bits per heavy atom. The second-order valence-electron chi connectivity index (χ2n) is 8.39. The van der Waals surface area contributed by atoms with Crippen LogP contribution in [0.3, 0.4) is 0 Å². The Balaban J connectivity index is 1.36. The van der Waals surface area contributed by atoms with Gasteiger partial charge in [0.1, 0.15) is 12.6 Å². The Hall–Kier alpha value is -3.35. The van der Waals surface area contributed by atoms with Gasteiger partial charge in [-0.2, -0.15) is 0 Å². The number of ether oxygens (including phenoxy) is 1.